The van der Waals surface area contributed by atoms with E-state index in [1.165, 1.54) is 24.8 Å². The zero-order chi connectivity index (χ0) is 19.5. The molecule has 2 saturated carbocycles. The molecular weight excluding hydrogens is 386 g/mol. The second-order valence-corrected chi connectivity index (χ2v) is 9.02. The van der Waals surface area contributed by atoms with Crippen molar-refractivity contribution in [2.75, 3.05) is 13.1 Å². The Kier molecular flexibility index (Phi) is 7.58. The molecule has 1 saturated heterocycles. The summed E-state index contributed by atoms with van der Waals surface area (Å²) in [5.41, 5.74) is 7.55. The van der Waals surface area contributed by atoms with Crippen molar-refractivity contribution in [3.63, 3.8) is 0 Å². The molecule has 4 rings (SSSR count). The lowest BCUT2D eigenvalue weighted by molar-refractivity contribution is -0.131. The fourth-order valence-electron chi connectivity index (χ4n) is 5.48. The fourth-order valence-corrected chi connectivity index (χ4v) is 5.48. The van der Waals surface area contributed by atoms with Crippen molar-refractivity contribution in [1.82, 2.24) is 10.2 Å². The van der Waals surface area contributed by atoms with Crippen LogP contribution < -0.4 is 11.1 Å². The van der Waals surface area contributed by atoms with Crippen LogP contribution in [0.2, 0.25) is 0 Å². The molecule has 3 N–H and O–H groups in total. The standard InChI is InChI=1S/C23H33N3O2.ClH/c24-22-17-7-4-8-18(22)14-19(13-17)23(28)25-20-11-12-26(15-20)21(27)10-9-16-5-2-1-3-6-16;/h1-3,5-6,17-20,22H,4,7-15,24H2,(H,25,28);1H. The van der Waals surface area contributed by atoms with Crippen LogP contribution in [0.4, 0.5) is 0 Å². The Bertz CT molecular complexity index is 685. The monoisotopic (exact) mass is 419 g/mol. The summed E-state index contributed by atoms with van der Waals surface area (Å²) in [7, 11) is 0. The quantitative estimate of drug-likeness (QED) is 0.770. The predicted molar refractivity (Wildman–Crippen MR) is 117 cm³/mol. The van der Waals surface area contributed by atoms with Crippen molar-refractivity contribution >= 4 is 24.2 Å². The number of hydrogen-bond donors (Lipinski definition) is 2. The van der Waals surface area contributed by atoms with E-state index in [0.717, 1.165) is 32.2 Å². The van der Waals surface area contributed by atoms with E-state index < -0.39 is 0 Å². The molecule has 2 aliphatic carbocycles. The Hall–Kier alpha value is -1.59. The minimum atomic E-state index is 0. The second-order valence-electron chi connectivity index (χ2n) is 9.02. The lowest BCUT2D eigenvalue weighted by Gasteiger charge is -2.43. The molecule has 0 radical (unpaired) electrons. The highest BCUT2D eigenvalue weighted by Crippen LogP contribution is 2.42. The number of benzene rings is 1. The third-order valence-electron chi connectivity index (χ3n) is 7.14. The lowest BCUT2D eigenvalue weighted by Crippen LogP contribution is -2.50. The average Bonchev–Trinajstić information content (AvgIpc) is 3.15. The second kappa shape index (κ2) is 9.94. The number of amides is 2. The summed E-state index contributed by atoms with van der Waals surface area (Å²) in [5, 5.41) is 3.24. The largest absolute Gasteiger partial charge is 0.351 e. The molecule has 5 nitrogen and oxygen atoms in total. The minimum absolute atomic E-state index is 0. The lowest BCUT2D eigenvalue weighted by atomic mass is 9.65. The Morgan fingerprint density at radius 3 is 2.45 bits per heavy atom. The van der Waals surface area contributed by atoms with Crippen LogP contribution >= 0.6 is 12.4 Å². The van der Waals surface area contributed by atoms with Gasteiger partial charge in [-0.25, -0.2) is 0 Å². The topological polar surface area (TPSA) is 75.4 Å². The number of hydrogen-bond acceptors (Lipinski definition) is 3. The number of fused-ring (bicyclic) bond motifs is 2. The first kappa shape index (κ1) is 22.1. The van der Waals surface area contributed by atoms with Gasteiger partial charge in [-0.1, -0.05) is 36.8 Å². The number of nitrogens with zero attached hydrogens (tertiary/aromatic N) is 1. The molecule has 29 heavy (non-hydrogen) atoms. The van der Waals surface area contributed by atoms with Crippen molar-refractivity contribution in [3.05, 3.63) is 35.9 Å². The number of rotatable bonds is 5. The third-order valence-corrected chi connectivity index (χ3v) is 7.14. The van der Waals surface area contributed by atoms with Crippen molar-refractivity contribution in [3.8, 4) is 0 Å². The number of carbonyl (C=O) groups is 2. The summed E-state index contributed by atoms with van der Waals surface area (Å²) in [6.45, 7) is 1.40. The van der Waals surface area contributed by atoms with E-state index in [-0.39, 0.29) is 36.2 Å². The van der Waals surface area contributed by atoms with Gasteiger partial charge < -0.3 is 16.0 Å². The number of halogens is 1. The number of aryl methyl sites for hydroxylation is 1. The molecule has 2 bridgehead atoms. The van der Waals surface area contributed by atoms with Gasteiger partial charge in [-0.2, -0.15) is 0 Å². The van der Waals surface area contributed by atoms with Crippen molar-refractivity contribution in [2.24, 2.45) is 23.5 Å². The minimum Gasteiger partial charge on any atom is -0.351 e. The molecular formula is C23H34ClN3O2. The molecule has 2 amide bonds. The van der Waals surface area contributed by atoms with Crippen molar-refractivity contribution in [1.29, 1.82) is 0 Å². The summed E-state index contributed by atoms with van der Waals surface area (Å²) >= 11 is 0. The highest BCUT2D eigenvalue weighted by Gasteiger charge is 2.41. The predicted octanol–water partition coefficient (Wildman–Crippen LogP) is 2.91. The molecule has 3 fully saturated rings. The third kappa shape index (κ3) is 5.32. The number of carbonyl (C=O) groups excluding carboxylic acids is 2. The molecule has 1 aliphatic heterocycles. The van der Waals surface area contributed by atoms with Gasteiger partial charge in [0.25, 0.3) is 0 Å². The smallest absolute Gasteiger partial charge is 0.223 e. The van der Waals surface area contributed by atoms with Gasteiger partial charge in [-0.15, -0.1) is 12.4 Å². The summed E-state index contributed by atoms with van der Waals surface area (Å²) in [6.07, 6.45) is 7.67. The van der Waals surface area contributed by atoms with E-state index in [1.54, 1.807) is 0 Å². The highest BCUT2D eigenvalue weighted by molar-refractivity contribution is 5.85. The molecule has 3 unspecified atom stereocenters. The van der Waals surface area contributed by atoms with Crippen LogP contribution in [-0.2, 0) is 16.0 Å². The maximum atomic E-state index is 12.8. The van der Waals surface area contributed by atoms with Gasteiger partial charge in [0.15, 0.2) is 0 Å². The molecule has 3 aliphatic rings. The zero-order valence-corrected chi connectivity index (χ0v) is 17.9. The van der Waals surface area contributed by atoms with Gasteiger partial charge in [0.2, 0.25) is 11.8 Å². The van der Waals surface area contributed by atoms with Crippen molar-refractivity contribution < 1.29 is 9.59 Å². The Morgan fingerprint density at radius 2 is 1.76 bits per heavy atom. The van der Waals surface area contributed by atoms with E-state index in [4.69, 9.17) is 5.73 Å². The summed E-state index contributed by atoms with van der Waals surface area (Å²) < 4.78 is 0. The Labute approximate surface area is 180 Å². The molecule has 0 aromatic heterocycles. The SMILES string of the molecule is Cl.NC1C2CCCC1CC(C(=O)NC1CCN(C(=O)CCc3ccccc3)C1)C2. The van der Waals surface area contributed by atoms with Gasteiger partial charge in [-0.3, -0.25) is 9.59 Å². The highest BCUT2D eigenvalue weighted by atomic mass is 35.5. The summed E-state index contributed by atoms with van der Waals surface area (Å²) in [5.74, 6) is 1.52. The van der Waals surface area contributed by atoms with Gasteiger partial charge in [0.1, 0.15) is 0 Å². The summed E-state index contributed by atoms with van der Waals surface area (Å²) in [6, 6.07) is 10.5. The van der Waals surface area contributed by atoms with Crippen LogP contribution in [0, 0.1) is 17.8 Å². The van der Waals surface area contributed by atoms with Crippen LogP contribution in [0.5, 0.6) is 0 Å². The zero-order valence-electron chi connectivity index (χ0n) is 17.1. The van der Waals surface area contributed by atoms with Gasteiger partial charge in [0, 0.05) is 37.5 Å². The molecule has 3 atom stereocenters. The molecule has 0 spiro atoms. The maximum Gasteiger partial charge on any atom is 0.223 e. The van der Waals surface area contributed by atoms with Gasteiger partial charge in [0.05, 0.1) is 0 Å². The van der Waals surface area contributed by atoms with Crippen LogP contribution in [0.1, 0.15) is 50.5 Å². The molecule has 160 valence electrons. The molecule has 1 aromatic carbocycles. The first-order chi connectivity index (χ1) is 13.6. The Morgan fingerprint density at radius 1 is 1.07 bits per heavy atom. The number of likely N-dealkylation sites (tertiary alicyclic amines) is 1. The van der Waals surface area contributed by atoms with E-state index in [1.807, 2.05) is 23.1 Å². The van der Waals surface area contributed by atoms with Crippen LogP contribution in [0.3, 0.4) is 0 Å². The number of nitrogens with one attached hydrogen (secondary N) is 1. The summed E-state index contributed by atoms with van der Waals surface area (Å²) in [4.78, 5) is 27.3. The van der Waals surface area contributed by atoms with E-state index in [2.05, 4.69) is 17.4 Å². The molecule has 6 heteroatoms. The van der Waals surface area contributed by atoms with E-state index >= 15 is 0 Å². The van der Waals surface area contributed by atoms with E-state index in [0.29, 0.717) is 30.8 Å². The fraction of sp³-hybridized carbons (Fsp3) is 0.652. The Balaban J connectivity index is 0.00000240. The molecule has 1 aromatic rings. The van der Waals surface area contributed by atoms with E-state index in [9.17, 15) is 9.59 Å². The first-order valence-electron chi connectivity index (χ1n) is 11.0. The average molecular weight is 420 g/mol. The van der Waals surface area contributed by atoms with Gasteiger partial charge >= 0.3 is 0 Å². The van der Waals surface area contributed by atoms with Crippen LogP contribution in [0.25, 0.3) is 0 Å². The first-order valence-corrected chi connectivity index (χ1v) is 11.0. The number of nitrogens with two attached hydrogens (primary N) is 1. The maximum absolute atomic E-state index is 12.8. The van der Waals surface area contributed by atoms with Gasteiger partial charge in [-0.05, 0) is 55.9 Å². The normalized spacial score (nSPS) is 31.1. The van der Waals surface area contributed by atoms with Crippen LogP contribution in [0.15, 0.2) is 30.3 Å². The molecule has 1 heterocycles. The van der Waals surface area contributed by atoms with Crippen LogP contribution in [-0.4, -0.2) is 41.9 Å². The van der Waals surface area contributed by atoms with Crippen molar-refractivity contribution in [2.45, 2.75) is 63.5 Å².